The molecule has 1 unspecified atom stereocenters. The molecule has 0 aromatic heterocycles. The van der Waals surface area contributed by atoms with Crippen molar-refractivity contribution >= 4 is 18.0 Å². The molecule has 3 aliphatic rings. The highest BCUT2D eigenvalue weighted by Gasteiger charge is 2.50. The Morgan fingerprint density at radius 2 is 1.69 bits per heavy atom. The molecule has 35 heavy (non-hydrogen) atoms. The van der Waals surface area contributed by atoms with E-state index in [0.717, 1.165) is 35.1 Å². The predicted molar refractivity (Wildman–Crippen MR) is 131 cm³/mol. The Kier molecular flexibility index (Phi) is 5.82. The molecule has 184 valence electrons. The molecule has 2 aromatic carbocycles. The Bertz CT molecular complexity index is 1130. The van der Waals surface area contributed by atoms with Crippen LogP contribution in [0.5, 0.6) is 0 Å². The van der Waals surface area contributed by atoms with Gasteiger partial charge in [-0.15, -0.1) is 0 Å². The summed E-state index contributed by atoms with van der Waals surface area (Å²) in [6.45, 7) is 4.11. The van der Waals surface area contributed by atoms with Gasteiger partial charge in [0.25, 0.3) is 0 Å². The molecular formula is C28H32N2O5. The zero-order valence-electron chi connectivity index (χ0n) is 20.3. The molecular weight excluding hydrogens is 444 g/mol. The van der Waals surface area contributed by atoms with Crippen LogP contribution in [0.15, 0.2) is 48.5 Å². The molecule has 1 saturated heterocycles. The number of nitrogens with zero attached hydrogens (tertiary/aromatic N) is 1. The summed E-state index contributed by atoms with van der Waals surface area (Å²) in [5.41, 5.74) is 2.65. The first kappa shape index (κ1) is 23.4. The fraction of sp³-hybridized carbons (Fsp3) is 0.464. The molecule has 0 bridgehead atoms. The lowest BCUT2D eigenvalue weighted by atomic mass is 9.90. The van der Waals surface area contributed by atoms with E-state index in [1.807, 2.05) is 31.2 Å². The van der Waals surface area contributed by atoms with Crippen LogP contribution in [0.4, 0.5) is 4.79 Å². The van der Waals surface area contributed by atoms with Crippen molar-refractivity contribution in [1.29, 1.82) is 0 Å². The zero-order chi connectivity index (χ0) is 24.8. The maximum atomic E-state index is 13.2. The van der Waals surface area contributed by atoms with Gasteiger partial charge in [0.2, 0.25) is 5.91 Å². The molecule has 0 radical (unpaired) electrons. The minimum absolute atomic E-state index is 0.0390. The number of carboxylic acid groups (broad SMARTS) is 1. The Morgan fingerprint density at radius 1 is 1.09 bits per heavy atom. The number of hydrogen-bond donors (Lipinski definition) is 2. The van der Waals surface area contributed by atoms with E-state index in [4.69, 9.17) is 4.74 Å². The lowest BCUT2D eigenvalue weighted by Crippen LogP contribution is -2.56. The van der Waals surface area contributed by atoms with Crippen molar-refractivity contribution in [3.8, 4) is 11.1 Å². The number of carbonyl (C=O) groups excluding carboxylic acids is 2. The highest BCUT2D eigenvalue weighted by atomic mass is 16.5. The Hall–Kier alpha value is -3.35. The average Bonchev–Trinajstić information content (AvgIpc) is 3.55. The summed E-state index contributed by atoms with van der Waals surface area (Å²) in [6.07, 6.45) is 2.46. The third kappa shape index (κ3) is 4.17. The van der Waals surface area contributed by atoms with E-state index in [1.54, 1.807) is 6.92 Å². The summed E-state index contributed by atoms with van der Waals surface area (Å²) in [5, 5.41) is 12.7. The number of carbonyl (C=O) groups is 3. The van der Waals surface area contributed by atoms with E-state index in [-0.39, 0.29) is 30.8 Å². The molecule has 1 heterocycles. The van der Waals surface area contributed by atoms with Crippen LogP contribution in [0.3, 0.4) is 0 Å². The fourth-order valence-corrected chi connectivity index (χ4v) is 5.87. The first-order valence-corrected chi connectivity index (χ1v) is 12.4. The second kappa shape index (κ2) is 8.70. The molecule has 7 heteroatoms. The number of alkyl carbamates (subject to hydrolysis) is 1. The van der Waals surface area contributed by atoms with Crippen LogP contribution in [-0.4, -0.2) is 52.2 Å². The van der Waals surface area contributed by atoms with E-state index >= 15 is 0 Å². The minimum atomic E-state index is -1.19. The van der Waals surface area contributed by atoms with E-state index in [9.17, 15) is 19.5 Å². The van der Waals surface area contributed by atoms with Crippen molar-refractivity contribution in [3.63, 3.8) is 0 Å². The highest BCUT2D eigenvalue weighted by Crippen LogP contribution is 2.45. The summed E-state index contributed by atoms with van der Waals surface area (Å²) in [4.78, 5) is 39.5. The van der Waals surface area contributed by atoms with Gasteiger partial charge in [-0.3, -0.25) is 4.79 Å². The smallest absolute Gasteiger partial charge is 0.407 e. The largest absolute Gasteiger partial charge is 0.480 e. The third-order valence-corrected chi connectivity index (χ3v) is 8.13. The number of carboxylic acids is 1. The van der Waals surface area contributed by atoms with Crippen molar-refractivity contribution in [1.82, 2.24) is 10.2 Å². The summed E-state index contributed by atoms with van der Waals surface area (Å²) < 4.78 is 5.73. The SMILES string of the molecule is CC(CC(=O)N1CCC[C@]1(C)C(=O)O)(NC(=O)OCC1c2ccccc2-c2ccccc21)C1CC1. The number of rotatable bonds is 7. The lowest BCUT2D eigenvalue weighted by Gasteiger charge is -2.36. The number of amides is 2. The van der Waals surface area contributed by atoms with E-state index in [2.05, 4.69) is 29.6 Å². The third-order valence-electron chi connectivity index (χ3n) is 8.13. The molecule has 0 spiro atoms. The summed E-state index contributed by atoms with van der Waals surface area (Å²) >= 11 is 0. The van der Waals surface area contributed by atoms with Gasteiger partial charge >= 0.3 is 12.1 Å². The maximum absolute atomic E-state index is 13.2. The van der Waals surface area contributed by atoms with Crippen molar-refractivity contribution in [2.75, 3.05) is 13.2 Å². The number of aliphatic carboxylic acids is 1. The molecule has 7 nitrogen and oxygen atoms in total. The van der Waals surface area contributed by atoms with Crippen LogP contribution in [-0.2, 0) is 14.3 Å². The molecule has 2 fully saturated rings. The maximum Gasteiger partial charge on any atom is 0.407 e. The molecule has 2 aliphatic carbocycles. The first-order valence-electron chi connectivity index (χ1n) is 12.4. The Morgan fingerprint density at radius 3 is 2.26 bits per heavy atom. The lowest BCUT2D eigenvalue weighted by molar-refractivity contribution is -0.155. The van der Waals surface area contributed by atoms with Crippen LogP contribution in [0.1, 0.15) is 63.0 Å². The quantitative estimate of drug-likeness (QED) is 0.611. The van der Waals surface area contributed by atoms with Crippen molar-refractivity contribution in [3.05, 3.63) is 59.7 Å². The van der Waals surface area contributed by atoms with Gasteiger partial charge in [0.05, 0.1) is 12.0 Å². The molecule has 2 atom stereocenters. The van der Waals surface area contributed by atoms with Gasteiger partial charge in [0.1, 0.15) is 12.1 Å². The monoisotopic (exact) mass is 476 g/mol. The van der Waals surface area contributed by atoms with Crippen molar-refractivity contribution < 1.29 is 24.2 Å². The van der Waals surface area contributed by atoms with E-state index in [0.29, 0.717) is 19.4 Å². The van der Waals surface area contributed by atoms with Gasteiger partial charge in [-0.05, 0) is 67.7 Å². The molecule has 2 amide bonds. The van der Waals surface area contributed by atoms with Gasteiger partial charge in [0.15, 0.2) is 0 Å². The predicted octanol–water partition coefficient (Wildman–Crippen LogP) is 4.55. The molecule has 1 aliphatic heterocycles. The van der Waals surface area contributed by atoms with Crippen LogP contribution in [0.2, 0.25) is 0 Å². The molecule has 2 N–H and O–H groups in total. The minimum Gasteiger partial charge on any atom is -0.480 e. The molecule has 2 aromatic rings. The van der Waals surface area contributed by atoms with Crippen molar-refractivity contribution in [2.45, 2.75) is 62.9 Å². The standard InChI is InChI=1S/C28H32N2O5/c1-27(18-12-13-18,16-24(31)30-15-7-14-28(30,2)25(32)33)29-26(34)35-17-23-21-10-5-3-8-19(21)20-9-4-6-11-22(20)23/h3-6,8-11,18,23H,7,12-17H2,1-2H3,(H,29,34)(H,32,33)/t27?,28-/m1/s1. The second-order valence-corrected chi connectivity index (χ2v) is 10.5. The summed E-state index contributed by atoms with van der Waals surface area (Å²) in [6, 6.07) is 16.3. The fourth-order valence-electron chi connectivity index (χ4n) is 5.87. The first-order chi connectivity index (χ1) is 16.7. The van der Waals surface area contributed by atoms with Crippen LogP contribution in [0.25, 0.3) is 11.1 Å². The number of fused-ring (bicyclic) bond motifs is 3. The zero-order valence-corrected chi connectivity index (χ0v) is 20.3. The van der Waals surface area contributed by atoms with Crippen LogP contribution >= 0.6 is 0 Å². The summed E-state index contributed by atoms with van der Waals surface area (Å²) in [7, 11) is 0. The van der Waals surface area contributed by atoms with Gasteiger partial charge in [0, 0.05) is 12.5 Å². The van der Waals surface area contributed by atoms with Crippen LogP contribution in [0, 0.1) is 5.92 Å². The van der Waals surface area contributed by atoms with E-state index < -0.39 is 23.1 Å². The number of benzene rings is 2. The topological polar surface area (TPSA) is 95.9 Å². The van der Waals surface area contributed by atoms with Crippen LogP contribution < -0.4 is 5.32 Å². The van der Waals surface area contributed by atoms with Gasteiger partial charge in [-0.25, -0.2) is 9.59 Å². The number of nitrogens with one attached hydrogen (secondary N) is 1. The molecule has 5 rings (SSSR count). The van der Waals surface area contributed by atoms with Gasteiger partial charge in [-0.2, -0.15) is 0 Å². The number of hydrogen-bond acceptors (Lipinski definition) is 4. The molecule has 1 saturated carbocycles. The summed E-state index contributed by atoms with van der Waals surface area (Å²) in [5.74, 6) is -1.09. The van der Waals surface area contributed by atoms with Crippen molar-refractivity contribution in [2.24, 2.45) is 5.92 Å². The normalized spacial score (nSPS) is 22.7. The average molecular weight is 477 g/mol. The Labute approximate surface area is 205 Å². The van der Waals surface area contributed by atoms with E-state index in [1.165, 1.54) is 4.90 Å². The second-order valence-electron chi connectivity index (χ2n) is 10.5. The highest BCUT2D eigenvalue weighted by molar-refractivity contribution is 5.88. The van der Waals surface area contributed by atoms with Gasteiger partial charge in [-0.1, -0.05) is 48.5 Å². The van der Waals surface area contributed by atoms with Gasteiger partial charge < -0.3 is 20.1 Å². The Balaban J connectivity index is 1.26. The number of likely N-dealkylation sites (tertiary alicyclic amines) is 1. The number of ether oxygens (including phenoxy) is 1.